The molecule has 3 rings (SSSR count). The Morgan fingerprint density at radius 1 is 1.04 bits per heavy atom. The van der Waals surface area contributed by atoms with Crippen molar-refractivity contribution in [3.05, 3.63) is 58.4 Å². The van der Waals surface area contributed by atoms with Gasteiger partial charge in [0.25, 0.3) is 0 Å². The zero-order valence-electron chi connectivity index (χ0n) is 14.2. The molecule has 0 radical (unpaired) electrons. The van der Waals surface area contributed by atoms with Gasteiger partial charge in [-0.3, -0.25) is 0 Å². The summed E-state index contributed by atoms with van der Waals surface area (Å²) in [6.45, 7) is 5.59. The van der Waals surface area contributed by atoms with Crippen molar-refractivity contribution in [1.82, 2.24) is 9.97 Å². The Balaban J connectivity index is 1.71. The number of halogens is 2. The zero-order valence-corrected chi connectivity index (χ0v) is 15.8. The SMILES string of the molecule is CC(C)c1cc2cc(Br)ccc2nc1NCCNc1cccc(F)n1. The van der Waals surface area contributed by atoms with E-state index in [1.165, 1.54) is 11.6 Å². The van der Waals surface area contributed by atoms with Gasteiger partial charge < -0.3 is 10.6 Å². The van der Waals surface area contributed by atoms with Gasteiger partial charge in [-0.2, -0.15) is 4.39 Å². The third kappa shape index (κ3) is 4.45. The van der Waals surface area contributed by atoms with E-state index in [1.54, 1.807) is 12.1 Å². The molecule has 0 amide bonds. The molecule has 2 heterocycles. The normalized spacial score (nSPS) is 11.1. The summed E-state index contributed by atoms with van der Waals surface area (Å²) < 4.78 is 14.1. The van der Waals surface area contributed by atoms with Crippen LogP contribution in [0.1, 0.15) is 25.3 Å². The number of nitrogens with one attached hydrogen (secondary N) is 2. The number of benzene rings is 1. The van der Waals surface area contributed by atoms with Crippen molar-refractivity contribution in [3.63, 3.8) is 0 Å². The minimum Gasteiger partial charge on any atom is -0.368 e. The molecule has 0 aliphatic heterocycles. The smallest absolute Gasteiger partial charge is 0.214 e. The molecule has 0 bridgehead atoms. The zero-order chi connectivity index (χ0) is 17.8. The van der Waals surface area contributed by atoms with Gasteiger partial charge in [0.1, 0.15) is 11.6 Å². The van der Waals surface area contributed by atoms with Crippen LogP contribution < -0.4 is 10.6 Å². The molecular weight excluding hydrogens is 383 g/mol. The molecule has 0 fully saturated rings. The van der Waals surface area contributed by atoms with Gasteiger partial charge in [-0.25, -0.2) is 9.97 Å². The van der Waals surface area contributed by atoms with Crippen LogP contribution in [0.15, 0.2) is 46.9 Å². The van der Waals surface area contributed by atoms with Gasteiger partial charge in [0.15, 0.2) is 0 Å². The minimum atomic E-state index is -0.484. The highest BCUT2D eigenvalue weighted by atomic mass is 79.9. The van der Waals surface area contributed by atoms with Gasteiger partial charge in [-0.15, -0.1) is 0 Å². The first kappa shape index (κ1) is 17.6. The van der Waals surface area contributed by atoms with Gasteiger partial charge in [0.05, 0.1) is 5.52 Å². The summed E-state index contributed by atoms with van der Waals surface area (Å²) in [6.07, 6.45) is 0. The number of pyridine rings is 2. The maximum absolute atomic E-state index is 13.1. The Morgan fingerprint density at radius 2 is 1.84 bits per heavy atom. The number of hydrogen-bond acceptors (Lipinski definition) is 4. The van der Waals surface area contributed by atoms with Crippen LogP contribution in [0.25, 0.3) is 10.9 Å². The minimum absolute atomic E-state index is 0.358. The molecule has 0 saturated carbocycles. The summed E-state index contributed by atoms with van der Waals surface area (Å²) in [6, 6.07) is 13.0. The van der Waals surface area contributed by atoms with Crippen LogP contribution >= 0.6 is 15.9 Å². The van der Waals surface area contributed by atoms with Gasteiger partial charge in [-0.1, -0.05) is 35.8 Å². The Labute approximate surface area is 155 Å². The van der Waals surface area contributed by atoms with Crippen LogP contribution in [0.3, 0.4) is 0 Å². The lowest BCUT2D eigenvalue weighted by molar-refractivity contribution is 0.585. The van der Waals surface area contributed by atoms with E-state index in [-0.39, 0.29) is 0 Å². The van der Waals surface area contributed by atoms with Crippen LogP contribution in [0.4, 0.5) is 16.0 Å². The number of hydrogen-bond donors (Lipinski definition) is 2. The summed E-state index contributed by atoms with van der Waals surface area (Å²) in [5.41, 5.74) is 2.13. The fourth-order valence-corrected chi connectivity index (χ4v) is 3.00. The second-order valence-electron chi connectivity index (χ2n) is 6.12. The molecule has 6 heteroatoms. The Kier molecular flexibility index (Phi) is 5.48. The van der Waals surface area contributed by atoms with Crippen molar-refractivity contribution >= 4 is 38.5 Å². The fourth-order valence-electron chi connectivity index (χ4n) is 2.62. The second-order valence-corrected chi connectivity index (χ2v) is 7.03. The quantitative estimate of drug-likeness (QED) is 0.440. The molecule has 3 aromatic rings. The molecule has 0 aliphatic carbocycles. The highest BCUT2D eigenvalue weighted by Crippen LogP contribution is 2.28. The Morgan fingerprint density at radius 3 is 2.60 bits per heavy atom. The lowest BCUT2D eigenvalue weighted by atomic mass is 10.0. The van der Waals surface area contributed by atoms with E-state index < -0.39 is 5.95 Å². The molecule has 0 spiro atoms. The summed E-state index contributed by atoms with van der Waals surface area (Å²) >= 11 is 3.51. The molecule has 0 atom stereocenters. The topological polar surface area (TPSA) is 49.8 Å². The molecule has 0 saturated heterocycles. The predicted molar refractivity (Wildman–Crippen MR) is 105 cm³/mol. The molecule has 130 valence electrons. The molecule has 4 nitrogen and oxygen atoms in total. The molecule has 0 unspecified atom stereocenters. The maximum atomic E-state index is 13.1. The van der Waals surface area contributed by atoms with Crippen LogP contribution in [-0.2, 0) is 0 Å². The molecule has 0 aliphatic rings. The number of rotatable bonds is 6. The van der Waals surface area contributed by atoms with E-state index >= 15 is 0 Å². The molecule has 1 aromatic carbocycles. The van der Waals surface area contributed by atoms with Crippen molar-refractivity contribution in [2.24, 2.45) is 0 Å². The first-order chi connectivity index (χ1) is 12.0. The molecular formula is C19H20BrFN4. The lowest BCUT2D eigenvalue weighted by Crippen LogP contribution is -2.16. The highest BCUT2D eigenvalue weighted by molar-refractivity contribution is 9.10. The number of aromatic nitrogens is 2. The van der Waals surface area contributed by atoms with Crippen LogP contribution in [0, 0.1) is 5.95 Å². The fraction of sp³-hybridized carbons (Fsp3) is 0.263. The van der Waals surface area contributed by atoms with Gasteiger partial charge in [0.2, 0.25) is 5.95 Å². The summed E-state index contributed by atoms with van der Waals surface area (Å²) in [4.78, 5) is 8.55. The van der Waals surface area contributed by atoms with Crippen LogP contribution in [0.2, 0.25) is 0 Å². The van der Waals surface area contributed by atoms with Crippen molar-refractivity contribution in [1.29, 1.82) is 0 Å². The average Bonchev–Trinajstić information content (AvgIpc) is 2.58. The first-order valence-corrected chi connectivity index (χ1v) is 9.03. The lowest BCUT2D eigenvalue weighted by Gasteiger charge is -2.15. The third-order valence-corrected chi connectivity index (χ3v) is 4.36. The largest absolute Gasteiger partial charge is 0.368 e. The van der Waals surface area contributed by atoms with Crippen LogP contribution in [-0.4, -0.2) is 23.1 Å². The van der Waals surface area contributed by atoms with E-state index in [0.717, 1.165) is 21.2 Å². The van der Waals surface area contributed by atoms with E-state index in [0.29, 0.717) is 24.8 Å². The van der Waals surface area contributed by atoms with Crippen molar-refractivity contribution in [2.75, 3.05) is 23.7 Å². The second kappa shape index (κ2) is 7.78. The predicted octanol–water partition coefficient (Wildman–Crippen LogP) is 5.18. The number of anilines is 2. The Hall–Kier alpha value is -2.21. The number of fused-ring (bicyclic) bond motifs is 1. The highest BCUT2D eigenvalue weighted by Gasteiger charge is 2.10. The summed E-state index contributed by atoms with van der Waals surface area (Å²) in [5, 5.41) is 7.60. The number of nitrogens with zero attached hydrogens (tertiary/aromatic N) is 2. The maximum Gasteiger partial charge on any atom is 0.214 e. The van der Waals surface area contributed by atoms with Gasteiger partial charge >= 0.3 is 0 Å². The van der Waals surface area contributed by atoms with E-state index in [4.69, 9.17) is 4.98 Å². The monoisotopic (exact) mass is 402 g/mol. The van der Waals surface area contributed by atoms with E-state index in [9.17, 15) is 4.39 Å². The van der Waals surface area contributed by atoms with Gasteiger partial charge in [-0.05, 0) is 47.9 Å². The average molecular weight is 403 g/mol. The molecule has 25 heavy (non-hydrogen) atoms. The van der Waals surface area contributed by atoms with Crippen molar-refractivity contribution in [2.45, 2.75) is 19.8 Å². The van der Waals surface area contributed by atoms with E-state index in [2.05, 4.69) is 57.5 Å². The summed E-state index contributed by atoms with van der Waals surface area (Å²) in [5.74, 6) is 1.29. The van der Waals surface area contributed by atoms with Crippen molar-refractivity contribution in [3.8, 4) is 0 Å². The Bertz CT molecular complexity index is 882. The van der Waals surface area contributed by atoms with Crippen molar-refractivity contribution < 1.29 is 4.39 Å². The molecule has 2 aromatic heterocycles. The summed E-state index contributed by atoms with van der Waals surface area (Å²) in [7, 11) is 0. The van der Waals surface area contributed by atoms with Crippen LogP contribution in [0.5, 0.6) is 0 Å². The third-order valence-electron chi connectivity index (χ3n) is 3.87. The van der Waals surface area contributed by atoms with Gasteiger partial charge in [0, 0.05) is 22.9 Å². The molecule has 2 N–H and O–H groups in total. The van der Waals surface area contributed by atoms with E-state index in [1.807, 2.05) is 12.1 Å². The first-order valence-electron chi connectivity index (χ1n) is 8.23. The standard InChI is InChI=1S/C19H20BrFN4/c1-12(2)15-11-13-10-14(20)6-7-16(13)24-19(15)23-9-8-22-18-5-3-4-17(21)25-18/h3-7,10-12H,8-9H2,1-2H3,(H,22,25)(H,23,24).